The second kappa shape index (κ2) is 9.15. The minimum atomic E-state index is -0.472. The van der Waals surface area contributed by atoms with Crippen molar-refractivity contribution in [3.8, 4) is 17.2 Å². The van der Waals surface area contributed by atoms with E-state index in [2.05, 4.69) is 5.32 Å². The van der Waals surface area contributed by atoms with Gasteiger partial charge in [-0.15, -0.1) is 0 Å². The Bertz CT molecular complexity index is 1200. The predicted molar refractivity (Wildman–Crippen MR) is 124 cm³/mol. The summed E-state index contributed by atoms with van der Waals surface area (Å²) in [7, 11) is 4.91. The molecule has 3 aromatic rings. The van der Waals surface area contributed by atoms with Crippen LogP contribution in [0.15, 0.2) is 48.5 Å². The van der Waals surface area contributed by atoms with Crippen LogP contribution < -0.4 is 25.3 Å². The normalized spacial score (nSPS) is 12.6. The van der Waals surface area contributed by atoms with Crippen molar-refractivity contribution in [3.05, 3.63) is 65.5 Å². The molecule has 2 amide bonds. The first-order chi connectivity index (χ1) is 15.9. The SMILES string of the molecule is COc1ccc(OC(=O)N2CCc3c(cc(C(=O)Nc4ccccc4N)n3C)C2)cc1OC. The lowest BCUT2D eigenvalue weighted by atomic mass is 10.1. The summed E-state index contributed by atoms with van der Waals surface area (Å²) in [5, 5.41) is 2.85. The molecule has 0 aliphatic carbocycles. The summed E-state index contributed by atoms with van der Waals surface area (Å²) in [6.45, 7) is 0.819. The van der Waals surface area contributed by atoms with E-state index in [0.717, 1.165) is 11.3 Å². The molecule has 0 fully saturated rings. The molecule has 2 aromatic carbocycles. The summed E-state index contributed by atoms with van der Waals surface area (Å²) in [4.78, 5) is 27.2. The number of nitrogens with zero attached hydrogens (tertiary/aromatic N) is 2. The molecule has 0 saturated carbocycles. The van der Waals surface area contributed by atoms with Crippen LogP contribution in [0.25, 0.3) is 0 Å². The Labute approximate surface area is 191 Å². The van der Waals surface area contributed by atoms with Gasteiger partial charge in [-0.05, 0) is 35.9 Å². The lowest BCUT2D eigenvalue weighted by molar-refractivity contribution is 0.101. The summed E-state index contributed by atoms with van der Waals surface area (Å²) in [5.74, 6) is 1.12. The second-order valence-corrected chi connectivity index (χ2v) is 7.66. The number of methoxy groups -OCH3 is 2. The van der Waals surface area contributed by atoms with E-state index in [9.17, 15) is 9.59 Å². The standard InChI is InChI=1S/C24H26N4O5/c1-27-19-10-11-28(24(30)33-16-8-9-21(31-2)22(13-16)32-3)14-15(19)12-20(27)23(29)26-18-7-5-4-6-17(18)25/h4-9,12-13H,10-11,14,25H2,1-3H3,(H,26,29). The molecule has 33 heavy (non-hydrogen) atoms. The van der Waals surface area contributed by atoms with Crippen molar-refractivity contribution in [1.82, 2.24) is 9.47 Å². The average molecular weight is 450 g/mol. The van der Waals surface area contributed by atoms with Gasteiger partial charge >= 0.3 is 6.09 Å². The van der Waals surface area contributed by atoms with Crippen LogP contribution >= 0.6 is 0 Å². The number of anilines is 2. The predicted octanol–water partition coefficient (Wildman–Crippen LogP) is 3.43. The maximum Gasteiger partial charge on any atom is 0.415 e. The zero-order valence-corrected chi connectivity index (χ0v) is 18.8. The Kier molecular flexibility index (Phi) is 6.12. The number of fused-ring (bicyclic) bond motifs is 1. The number of carbonyl (C=O) groups is 2. The van der Waals surface area contributed by atoms with Crippen molar-refractivity contribution in [2.45, 2.75) is 13.0 Å². The Morgan fingerprint density at radius 3 is 2.52 bits per heavy atom. The third-order valence-electron chi connectivity index (χ3n) is 5.69. The van der Waals surface area contributed by atoms with E-state index >= 15 is 0 Å². The van der Waals surface area contributed by atoms with Crippen molar-refractivity contribution >= 4 is 23.4 Å². The molecule has 172 valence electrons. The Morgan fingerprint density at radius 1 is 1.03 bits per heavy atom. The minimum Gasteiger partial charge on any atom is -0.493 e. The zero-order chi connectivity index (χ0) is 23.5. The number of hydrogen-bond donors (Lipinski definition) is 2. The fourth-order valence-corrected chi connectivity index (χ4v) is 3.91. The smallest absolute Gasteiger partial charge is 0.415 e. The maximum atomic E-state index is 12.9. The van der Waals surface area contributed by atoms with Gasteiger partial charge in [-0.2, -0.15) is 0 Å². The van der Waals surface area contributed by atoms with E-state index in [1.807, 2.05) is 23.7 Å². The van der Waals surface area contributed by atoms with Crippen LogP contribution in [0, 0.1) is 0 Å². The van der Waals surface area contributed by atoms with Gasteiger partial charge in [-0.1, -0.05) is 12.1 Å². The maximum absolute atomic E-state index is 12.9. The number of nitrogens with two attached hydrogens (primary N) is 1. The number of nitrogen functional groups attached to an aromatic ring is 1. The van der Waals surface area contributed by atoms with Gasteiger partial charge in [0.15, 0.2) is 11.5 Å². The molecule has 0 atom stereocenters. The highest BCUT2D eigenvalue weighted by Gasteiger charge is 2.27. The number of ether oxygens (including phenoxy) is 3. The molecule has 3 N–H and O–H groups in total. The highest BCUT2D eigenvalue weighted by atomic mass is 16.6. The molecular formula is C24H26N4O5. The Hall–Kier alpha value is -4.14. The van der Waals surface area contributed by atoms with Crippen molar-refractivity contribution in [1.29, 1.82) is 0 Å². The van der Waals surface area contributed by atoms with Gasteiger partial charge < -0.3 is 34.7 Å². The van der Waals surface area contributed by atoms with Crippen molar-refractivity contribution < 1.29 is 23.8 Å². The summed E-state index contributed by atoms with van der Waals surface area (Å²) < 4.78 is 17.9. The molecule has 9 heteroatoms. The molecular weight excluding hydrogens is 424 g/mol. The monoisotopic (exact) mass is 450 g/mol. The molecule has 0 saturated heterocycles. The first kappa shape index (κ1) is 22.1. The van der Waals surface area contributed by atoms with E-state index in [1.165, 1.54) is 14.2 Å². The van der Waals surface area contributed by atoms with Crippen molar-refractivity contribution in [2.75, 3.05) is 31.8 Å². The fraction of sp³-hybridized carbons (Fsp3) is 0.250. The Balaban J connectivity index is 1.47. The molecule has 0 radical (unpaired) electrons. The first-order valence-corrected chi connectivity index (χ1v) is 10.4. The lowest BCUT2D eigenvalue weighted by Gasteiger charge is -2.27. The quantitative estimate of drug-likeness (QED) is 0.577. The Morgan fingerprint density at radius 2 is 1.79 bits per heavy atom. The van der Waals surface area contributed by atoms with E-state index in [-0.39, 0.29) is 5.91 Å². The molecule has 2 heterocycles. The number of amides is 2. The number of nitrogens with one attached hydrogen (secondary N) is 1. The van der Waals surface area contributed by atoms with Crippen LogP contribution in [0.5, 0.6) is 17.2 Å². The summed E-state index contributed by atoms with van der Waals surface area (Å²) in [6.07, 6.45) is 0.132. The van der Waals surface area contributed by atoms with Crippen LogP contribution in [0.4, 0.5) is 16.2 Å². The van der Waals surface area contributed by atoms with E-state index < -0.39 is 6.09 Å². The molecule has 0 bridgehead atoms. The average Bonchev–Trinajstić information content (AvgIpc) is 3.16. The molecule has 1 aromatic heterocycles. The van der Waals surface area contributed by atoms with Gasteiger partial charge in [0.05, 0.1) is 32.1 Å². The van der Waals surface area contributed by atoms with Crippen LogP contribution in [0.2, 0.25) is 0 Å². The lowest BCUT2D eigenvalue weighted by Crippen LogP contribution is -2.38. The second-order valence-electron chi connectivity index (χ2n) is 7.66. The van der Waals surface area contributed by atoms with Gasteiger partial charge in [0.1, 0.15) is 11.4 Å². The summed E-state index contributed by atoms with van der Waals surface area (Å²) >= 11 is 0. The molecule has 1 aliphatic rings. The first-order valence-electron chi connectivity index (χ1n) is 10.4. The van der Waals surface area contributed by atoms with Gasteiger partial charge in [-0.25, -0.2) is 4.79 Å². The molecule has 4 rings (SSSR count). The number of hydrogen-bond acceptors (Lipinski definition) is 6. The highest BCUT2D eigenvalue weighted by molar-refractivity contribution is 6.05. The summed E-state index contributed by atoms with van der Waals surface area (Å²) in [6, 6.07) is 13.8. The van der Waals surface area contributed by atoms with Crippen molar-refractivity contribution in [3.63, 3.8) is 0 Å². The van der Waals surface area contributed by atoms with Crippen LogP contribution in [-0.4, -0.2) is 42.2 Å². The topological polar surface area (TPSA) is 108 Å². The van der Waals surface area contributed by atoms with Gasteiger partial charge in [-0.3, -0.25) is 4.79 Å². The van der Waals surface area contributed by atoms with Crippen LogP contribution in [0.3, 0.4) is 0 Å². The summed E-state index contributed by atoms with van der Waals surface area (Å²) in [5.41, 5.74) is 9.40. The minimum absolute atomic E-state index is 0.260. The van der Waals surface area contributed by atoms with E-state index in [4.69, 9.17) is 19.9 Å². The zero-order valence-electron chi connectivity index (χ0n) is 18.8. The number of carbonyl (C=O) groups excluding carboxylic acids is 2. The van der Waals surface area contributed by atoms with Crippen LogP contribution in [-0.2, 0) is 20.0 Å². The number of aromatic nitrogens is 1. The fourth-order valence-electron chi connectivity index (χ4n) is 3.91. The number of benzene rings is 2. The van der Waals surface area contributed by atoms with Gasteiger partial charge in [0.25, 0.3) is 5.91 Å². The van der Waals surface area contributed by atoms with Gasteiger partial charge in [0.2, 0.25) is 0 Å². The van der Waals surface area contributed by atoms with Crippen LogP contribution in [0.1, 0.15) is 21.7 Å². The van der Waals surface area contributed by atoms with E-state index in [1.54, 1.807) is 41.3 Å². The molecule has 9 nitrogen and oxygen atoms in total. The molecule has 0 spiro atoms. The number of para-hydroxylation sites is 2. The molecule has 1 aliphatic heterocycles. The third-order valence-corrected chi connectivity index (χ3v) is 5.69. The van der Waals surface area contributed by atoms with E-state index in [0.29, 0.717) is 53.8 Å². The third kappa shape index (κ3) is 4.43. The highest BCUT2D eigenvalue weighted by Crippen LogP contribution is 2.31. The largest absolute Gasteiger partial charge is 0.493 e. The van der Waals surface area contributed by atoms with Crippen molar-refractivity contribution in [2.24, 2.45) is 7.05 Å². The molecule has 0 unspecified atom stereocenters. The number of rotatable bonds is 5. The van der Waals surface area contributed by atoms with Gasteiger partial charge in [0, 0.05) is 31.8 Å².